The van der Waals surface area contributed by atoms with Crippen molar-refractivity contribution in [3.63, 3.8) is 0 Å². The van der Waals surface area contributed by atoms with Gasteiger partial charge in [-0.05, 0) is 12.1 Å². The fraction of sp³-hybridized carbons (Fsp3) is 0.182. The molecule has 0 spiro atoms. The van der Waals surface area contributed by atoms with Crippen LogP contribution in [0.2, 0.25) is 5.02 Å². The highest BCUT2D eigenvalue weighted by atomic mass is 35.5. The van der Waals surface area contributed by atoms with Gasteiger partial charge in [-0.15, -0.1) is 0 Å². The fourth-order valence-corrected chi connectivity index (χ4v) is 1.22. The number of para-hydroxylation sites is 1. The molecule has 0 saturated heterocycles. The highest BCUT2D eigenvalue weighted by molar-refractivity contribution is 6.33. The van der Waals surface area contributed by atoms with Gasteiger partial charge in [-0.1, -0.05) is 30.3 Å². The van der Waals surface area contributed by atoms with Gasteiger partial charge in [-0.2, -0.15) is 0 Å². The average molecular weight is 241 g/mol. The standard InChI is InChI=1S/C11H13ClN2O2/c1-2-16-8-7-13-11(15)14-10-6-4-3-5-9(10)12/h2-6H,1,7-8H2,(H2,13,14,15). The summed E-state index contributed by atoms with van der Waals surface area (Å²) >= 11 is 5.87. The minimum atomic E-state index is -0.319. The molecule has 2 N–H and O–H groups in total. The van der Waals surface area contributed by atoms with Crippen LogP contribution in [0.25, 0.3) is 0 Å². The topological polar surface area (TPSA) is 50.4 Å². The zero-order chi connectivity index (χ0) is 11.8. The van der Waals surface area contributed by atoms with E-state index in [9.17, 15) is 4.79 Å². The number of benzene rings is 1. The lowest BCUT2D eigenvalue weighted by Crippen LogP contribution is -2.31. The third-order valence-corrected chi connectivity index (χ3v) is 2.07. The fourth-order valence-electron chi connectivity index (χ4n) is 1.04. The number of halogens is 1. The summed E-state index contributed by atoms with van der Waals surface area (Å²) in [7, 11) is 0. The van der Waals surface area contributed by atoms with E-state index in [2.05, 4.69) is 17.2 Å². The maximum Gasteiger partial charge on any atom is 0.319 e. The first kappa shape index (κ1) is 12.4. The van der Waals surface area contributed by atoms with Gasteiger partial charge in [-0.3, -0.25) is 0 Å². The average Bonchev–Trinajstić information content (AvgIpc) is 2.28. The third kappa shape index (κ3) is 4.23. The minimum absolute atomic E-state index is 0.319. The predicted molar refractivity (Wildman–Crippen MR) is 64.6 cm³/mol. The monoisotopic (exact) mass is 240 g/mol. The van der Waals surface area contributed by atoms with Crippen molar-refractivity contribution in [3.8, 4) is 0 Å². The van der Waals surface area contributed by atoms with E-state index in [1.165, 1.54) is 6.26 Å². The predicted octanol–water partition coefficient (Wildman–Crippen LogP) is 2.62. The van der Waals surface area contributed by atoms with Crippen molar-refractivity contribution < 1.29 is 9.53 Å². The van der Waals surface area contributed by atoms with Crippen LogP contribution in [-0.2, 0) is 4.74 Å². The molecule has 0 fully saturated rings. The summed E-state index contributed by atoms with van der Waals surface area (Å²) in [6.07, 6.45) is 1.33. The Kier molecular flexibility index (Phi) is 5.22. The number of urea groups is 1. The number of hydrogen-bond donors (Lipinski definition) is 2. The smallest absolute Gasteiger partial charge is 0.319 e. The van der Waals surface area contributed by atoms with E-state index in [1.807, 2.05) is 0 Å². The first-order chi connectivity index (χ1) is 7.74. The summed E-state index contributed by atoms with van der Waals surface area (Å²) in [6, 6.07) is 6.70. The number of hydrogen-bond acceptors (Lipinski definition) is 2. The van der Waals surface area contributed by atoms with Crippen LogP contribution in [0.15, 0.2) is 37.1 Å². The van der Waals surface area contributed by atoms with Crippen LogP contribution in [0.3, 0.4) is 0 Å². The number of ether oxygens (including phenoxy) is 1. The molecule has 4 nitrogen and oxygen atoms in total. The van der Waals surface area contributed by atoms with Gasteiger partial charge in [0, 0.05) is 0 Å². The number of rotatable bonds is 5. The maximum absolute atomic E-state index is 11.4. The van der Waals surface area contributed by atoms with E-state index in [4.69, 9.17) is 16.3 Å². The molecule has 86 valence electrons. The largest absolute Gasteiger partial charge is 0.500 e. The zero-order valence-corrected chi connectivity index (χ0v) is 9.46. The SMILES string of the molecule is C=COCCNC(=O)Nc1ccccc1Cl. The second-order valence-corrected chi connectivity index (χ2v) is 3.31. The van der Waals surface area contributed by atoms with Gasteiger partial charge in [0.05, 0.1) is 23.5 Å². The Balaban J connectivity index is 2.34. The number of anilines is 1. The van der Waals surface area contributed by atoms with Crippen molar-refractivity contribution in [2.45, 2.75) is 0 Å². The molecule has 1 aromatic rings. The summed E-state index contributed by atoms with van der Waals surface area (Å²) in [5.74, 6) is 0. The highest BCUT2D eigenvalue weighted by Gasteiger charge is 2.03. The highest BCUT2D eigenvalue weighted by Crippen LogP contribution is 2.19. The molecule has 0 aliphatic heterocycles. The third-order valence-electron chi connectivity index (χ3n) is 1.75. The summed E-state index contributed by atoms with van der Waals surface area (Å²) in [6.45, 7) is 4.18. The molecule has 0 saturated carbocycles. The van der Waals surface area contributed by atoms with Gasteiger partial charge in [0.25, 0.3) is 0 Å². The molecule has 16 heavy (non-hydrogen) atoms. The lowest BCUT2D eigenvalue weighted by atomic mass is 10.3. The molecule has 0 aromatic heterocycles. The summed E-state index contributed by atoms with van der Waals surface area (Å²) in [5, 5.41) is 5.74. The Labute approximate surface area is 99.2 Å². The van der Waals surface area contributed by atoms with Crippen molar-refractivity contribution in [2.24, 2.45) is 0 Å². The molecule has 0 heterocycles. The molecule has 0 atom stereocenters. The van der Waals surface area contributed by atoms with Crippen molar-refractivity contribution in [2.75, 3.05) is 18.5 Å². The second kappa shape index (κ2) is 6.74. The van der Waals surface area contributed by atoms with Crippen LogP contribution in [0, 0.1) is 0 Å². The van der Waals surface area contributed by atoms with Gasteiger partial charge >= 0.3 is 6.03 Å². The van der Waals surface area contributed by atoms with Crippen molar-refractivity contribution in [1.29, 1.82) is 0 Å². The normalized spacial score (nSPS) is 9.31. The van der Waals surface area contributed by atoms with E-state index >= 15 is 0 Å². The molecule has 1 rings (SSSR count). The Morgan fingerprint density at radius 1 is 1.50 bits per heavy atom. The van der Waals surface area contributed by atoms with E-state index in [0.717, 1.165) is 0 Å². The molecule has 0 aliphatic rings. The van der Waals surface area contributed by atoms with Gasteiger partial charge in [0.1, 0.15) is 6.61 Å². The maximum atomic E-state index is 11.4. The molecule has 2 amide bonds. The number of carbonyl (C=O) groups excluding carboxylic acids is 1. The lowest BCUT2D eigenvalue weighted by molar-refractivity contribution is 0.234. The van der Waals surface area contributed by atoms with Crippen LogP contribution in [-0.4, -0.2) is 19.2 Å². The van der Waals surface area contributed by atoms with Crippen LogP contribution in [0.4, 0.5) is 10.5 Å². The molecular formula is C11H13ClN2O2. The van der Waals surface area contributed by atoms with Gasteiger partial charge in [0.15, 0.2) is 0 Å². The van der Waals surface area contributed by atoms with Crippen LogP contribution in [0.1, 0.15) is 0 Å². The van der Waals surface area contributed by atoms with Gasteiger partial charge in [0.2, 0.25) is 0 Å². The van der Waals surface area contributed by atoms with E-state index in [-0.39, 0.29) is 6.03 Å². The molecular weight excluding hydrogens is 228 g/mol. The second-order valence-electron chi connectivity index (χ2n) is 2.90. The van der Waals surface area contributed by atoms with Crippen molar-refractivity contribution in [3.05, 3.63) is 42.1 Å². The quantitative estimate of drug-likeness (QED) is 0.614. The summed E-state index contributed by atoms with van der Waals surface area (Å²) in [5.41, 5.74) is 0.575. The molecule has 5 heteroatoms. The number of carbonyl (C=O) groups is 1. The van der Waals surface area contributed by atoms with Crippen molar-refractivity contribution >= 4 is 23.3 Å². The molecule has 0 radical (unpaired) electrons. The van der Waals surface area contributed by atoms with E-state index < -0.39 is 0 Å². The summed E-state index contributed by atoms with van der Waals surface area (Å²) < 4.78 is 4.85. The van der Waals surface area contributed by atoms with Gasteiger partial charge in [-0.25, -0.2) is 4.79 Å². The molecule has 1 aromatic carbocycles. The van der Waals surface area contributed by atoms with Crippen LogP contribution < -0.4 is 10.6 Å². The Bertz CT molecular complexity index is 369. The van der Waals surface area contributed by atoms with Crippen molar-refractivity contribution in [1.82, 2.24) is 5.32 Å². The molecule has 0 unspecified atom stereocenters. The molecule has 0 aliphatic carbocycles. The summed E-state index contributed by atoms with van der Waals surface area (Å²) in [4.78, 5) is 11.4. The zero-order valence-electron chi connectivity index (χ0n) is 8.70. The van der Waals surface area contributed by atoms with Crippen LogP contribution in [0.5, 0.6) is 0 Å². The van der Waals surface area contributed by atoms with E-state index in [1.54, 1.807) is 24.3 Å². The minimum Gasteiger partial charge on any atom is -0.500 e. The first-order valence-corrected chi connectivity index (χ1v) is 5.13. The number of nitrogens with one attached hydrogen (secondary N) is 2. The first-order valence-electron chi connectivity index (χ1n) is 4.76. The Hall–Kier alpha value is -1.68. The Morgan fingerprint density at radius 2 is 2.25 bits per heavy atom. The number of amides is 2. The molecule has 0 bridgehead atoms. The lowest BCUT2D eigenvalue weighted by Gasteiger charge is -2.08. The Morgan fingerprint density at radius 3 is 2.94 bits per heavy atom. The van der Waals surface area contributed by atoms with E-state index in [0.29, 0.717) is 23.9 Å². The van der Waals surface area contributed by atoms with Crippen LogP contribution >= 0.6 is 11.6 Å². The van der Waals surface area contributed by atoms with Gasteiger partial charge < -0.3 is 15.4 Å².